The fourth-order valence-corrected chi connectivity index (χ4v) is 2.17. The molecule has 5 heteroatoms. The van der Waals surface area contributed by atoms with Crippen molar-refractivity contribution in [2.24, 2.45) is 5.92 Å². The summed E-state index contributed by atoms with van der Waals surface area (Å²) >= 11 is 0. The van der Waals surface area contributed by atoms with Crippen LogP contribution in [0.15, 0.2) is 54.6 Å². The van der Waals surface area contributed by atoms with Crippen molar-refractivity contribution in [3.8, 4) is 5.75 Å². The summed E-state index contributed by atoms with van der Waals surface area (Å²) in [6.07, 6.45) is -0.686. The third-order valence-electron chi connectivity index (χ3n) is 3.53. The summed E-state index contributed by atoms with van der Waals surface area (Å²) in [5, 5.41) is 5.63. The molecule has 2 rings (SSSR count). The van der Waals surface area contributed by atoms with Crippen LogP contribution in [0.4, 0.5) is 5.69 Å². The zero-order valence-corrected chi connectivity index (χ0v) is 14.8. The molecule has 0 aliphatic heterocycles. The van der Waals surface area contributed by atoms with Crippen molar-refractivity contribution in [2.45, 2.75) is 26.9 Å². The lowest BCUT2D eigenvalue weighted by Crippen LogP contribution is -2.32. The van der Waals surface area contributed by atoms with Crippen LogP contribution in [0, 0.1) is 5.92 Å². The summed E-state index contributed by atoms with van der Waals surface area (Å²) in [4.78, 5) is 24.7. The number of benzene rings is 2. The largest absolute Gasteiger partial charge is 0.481 e. The van der Waals surface area contributed by atoms with Crippen LogP contribution in [-0.2, 0) is 4.79 Å². The van der Waals surface area contributed by atoms with E-state index >= 15 is 0 Å². The standard InChI is InChI=1S/C20H24N2O3/c1-14(2)13-21-20(24)17-11-7-8-12-18(17)22-19(23)15(3)25-16-9-5-4-6-10-16/h4-12,14-15H,13H2,1-3H3,(H,21,24)(H,22,23)/t15-/m1/s1. The van der Waals surface area contributed by atoms with E-state index in [2.05, 4.69) is 10.6 Å². The van der Waals surface area contributed by atoms with Crippen LogP contribution >= 0.6 is 0 Å². The smallest absolute Gasteiger partial charge is 0.265 e. The number of ether oxygens (including phenoxy) is 1. The van der Waals surface area contributed by atoms with Gasteiger partial charge in [0.25, 0.3) is 11.8 Å². The van der Waals surface area contributed by atoms with Crippen LogP contribution in [0.5, 0.6) is 5.75 Å². The van der Waals surface area contributed by atoms with Gasteiger partial charge in [-0.1, -0.05) is 44.2 Å². The Morgan fingerprint density at radius 1 is 0.960 bits per heavy atom. The van der Waals surface area contributed by atoms with E-state index in [0.29, 0.717) is 29.5 Å². The van der Waals surface area contributed by atoms with Gasteiger partial charge >= 0.3 is 0 Å². The number of rotatable bonds is 7. The van der Waals surface area contributed by atoms with Gasteiger partial charge in [0.2, 0.25) is 0 Å². The average Bonchev–Trinajstić information content (AvgIpc) is 2.61. The predicted octanol–water partition coefficient (Wildman–Crippen LogP) is 3.48. The van der Waals surface area contributed by atoms with Gasteiger partial charge in [-0.3, -0.25) is 9.59 Å². The Morgan fingerprint density at radius 3 is 2.28 bits per heavy atom. The lowest BCUT2D eigenvalue weighted by atomic mass is 10.1. The molecule has 0 saturated heterocycles. The van der Waals surface area contributed by atoms with Gasteiger partial charge < -0.3 is 15.4 Å². The van der Waals surface area contributed by atoms with E-state index in [0.717, 1.165) is 0 Å². The first-order valence-corrected chi connectivity index (χ1v) is 8.37. The number of carbonyl (C=O) groups is 2. The van der Waals surface area contributed by atoms with E-state index in [1.165, 1.54) is 0 Å². The zero-order valence-electron chi connectivity index (χ0n) is 14.8. The molecule has 2 N–H and O–H groups in total. The monoisotopic (exact) mass is 340 g/mol. The van der Waals surface area contributed by atoms with Crippen LogP contribution in [0.2, 0.25) is 0 Å². The van der Waals surface area contributed by atoms with E-state index in [4.69, 9.17) is 4.74 Å². The summed E-state index contributed by atoms with van der Waals surface area (Å²) in [7, 11) is 0. The minimum atomic E-state index is -0.686. The minimum Gasteiger partial charge on any atom is -0.481 e. The third kappa shape index (κ3) is 5.64. The first kappa shape index (κ1) is 18.5. The zero-order chi connectivity index (χ0) is 18.2. The molecule has 0 aliphatic rings. The molecule has 0 aromatic heterocycles. The first-order valence-electron chi connectivity index (χ1n) is 8.37. The normalized spacial score (nSPS) is 11.7. The lowest BCUT2D eigenvalue weighted by molar-refractivity contribution is -0.122. The van der Waals surface area contributed by atoms with E-state index in [1.54, 1.807) is 43.3 Å². The number of nitrogens with one attached hydrogen (secondary N) is 2. The number of para-hydroxylation sites is 2. The molecule has 0 bridgehead atoms. The molecule has 0 radical (unpaired) electrons. The minimum absolute atomic E-state index is 0.207. The van der Waals surface area contributed by atoms with Crippen molar-refractivity contribution < 1.29 is 14.3 Å². The lowest BCUT2D eigenvalue weighted by Gasteiger charge is -2.16. The van der Waals surface area contributed by atoms with Gasteiger partial charge in [-0.05, 0) is 37.1 Å². The first-order chi connectivity index (χ1) is 12.0. The molecule has 0 unspecified atom stereocenters. The number of hydrogen-bond donors (Lipinski definition) is 2. The van der Waals surface area contributed by atoms with Gasteiger partial charge in [-0.25, -0.2) is 0 Å². The van der Waals surface area contributed by atoms with E-state index in [1.807, 2.05) is 32.0 Å². The molecular weight excluding hydrogens is 316 g/mol. The van der Waals surface area contributed by atoms with E-state index < -0.39 is 6.10 Å². The maximum Gasteiger partial charge on any atom is 0.265 e. The van der Waals surface area contributed by atoms with Crippen LogP contribution in [0.25, 0.3) is 0 Å². The van der Waals surface area contributed by atoms with Gasteiger partial charge in [-0.15, -0.1) is 0 Å². The highest BCUT2D eigenvalue weighted by molar-refractivity contribution is 6.04. The molecule has 0 spiro atoms. The topological polar surface area (TPSA) is 67.4 Å². The second kappa shape index (κ2) is 8.87. The molecule has 0 saturated carbocycles. The van der Waals surface area contributed by atoms with Crippen LogP contribution in [0.1, 0.15) is 31.1 Å². The Bertz CT molecular complexity index is 714. The summed E-state index contributed by atoms with van der Waals surface area (Å²) in [5.74, 6) is 0.451. The Labute approximate surface area is 148 Å². The van der Waals surface area contributed by atoms with Crippen molar-refractivity contribution in [1.29, 1.82) is 0 Å². The molecule has 5 nitrogen and oxygen atoms in total. The average molecular weight is 340 g/mol. The van der Waals surface area contributed by atoms with Crippen molar-refractivity contribution in [1.82, 2.24) is 5.32 Å². The number of carbonyl (C=O) groups excluding carboxylic acids is 2. The third-order valence-corrected chi connectivity index (χ3v) is 3.53. The van der Waals surface area contributed by atoms with Crippen molar-refractivity contribution in [3.05, 3.63) is 60.2 Å². The second-order valence-corrected chi connectivity index (χ2v) is 6.21. The Morgan fingerprint density at radius 2 is 1.60 bits per heavy atom. The SMILES string of the molecule is CC(C)CNC(=O)c1ccccc1NC(=O)[C@@H](C)Oc1ccccc1. The molecule has 0 fully saturated rings. The summed E-state index contributed by atoms with van der Waals surface area (Å²) < 4.78 is 5.62. The Kier molecular flexibility index (Phi) is 6.57. The molecule has 2 aromatic carbocycles. The fourth-order valence-electron chi connectivity index (χ4n) is 2.17. The van der Waals surface area contributed by atoms with Crippen LogP contribution in [-0.4, -0.2) is 24.5 Å². The molecule has 0 aliphatic carbocycles. The number of hydrogen-bond acceptors (Lipinski definition) is 3. The van der Waals surface area contributed by atoms with Crippen molar-refractivity contribution >= 4 is 17.5 Å². The number of anilines is 1. The van der Waals surface area contributed by atoms with E-state index in [9.17, 15) is 9.59 Å². The highest BCUT2D eigenvalue weighted by Crippen LogP contribution is 2.17. The quantitative estimate of drug-likeness (QED) is 0.811. The van der Waals surface area contributed by atoms with Crippen LogP contribution in [0.3, 0.4) is 0 Å². The summed E-state index contributed by atoms with van der Waals surface area (Å²) in [6.45, 7) is 6.30. The van der Waals surface area contributed by atoms with E-state index in [-0.39, 0.29) is 11.8 Å². The summed E-state index contributed by atoms with van der Waals surface area (Å²) in [6, 6.07) is 16.1. The maximum atomic E-state index is 12.4. The number of amides is 2. The van der Waals surface area contributed by atoms with Gasteiger partial charge in [-0.2, -0.15) is 0 Å². The van der Waals surface area contributed by atoms with Gasteiger partial charge in [0.15, 0.2) is 6.10 Å². The second-order valence-electron chi connectivity index (χ2n) is 6.21. The molecule has 2 amide bonds. The highest BCUT2D eigenvalue weighted by atomic mass is 16.5. The van der Waals surface area contributed by atoms with Gasteiger partial charge in [0, 0.05) is 6.54 Å². The Balaban J connectivity index is 2.04. The molecule has 1 atom stereocenters. The maximum absolute atomic E-state index is 12.4. The van der Waals surface area contributed by atoms with Crippen LogP contribution < -0.4 is 15.4 Å². The molecule has 132 valence electrons. The van der Waals surface area contributed by atoms with Gasteiger partial charge in [0.1, 0.15) is 5.75 Å². The summed E-state index contributed by atoms with van der Waals surface area (Å²) in [5.41, 5.74) is 0.903. The molecule has 2 aromatic rings. The molecular formula is C20H24N2O3. The highest BCUT2D eigenvalue weighted by Gasteiger charge is 2.18. The van der Waals surface area contributed by atoms with Crippen molar-refractivity contribution in [3.63, 3.8) is 0 Å². The fraction of sp³-hybridized carbons (Fsp3) is 0.300. The molecule has 0 heterocycles. The van der Waals surface area contributed by atoms with Crippen molar-refractivity contribution in [2.75, 3.05) is 11.9 Å². The predicted molar refractivity (Wildman–Crippen MR) is 98.8 cm³/mol. The van der Waals surface area contributed by atoms with Gasteiger partial charge in [0.05, 0.1) is 11.3 Å². The Hall–Kier alpha value is -2.82. The molecule has 25 heavy (non-hydrogen) atoms.